The maximum Gasteiger partial charge on any atom is 0.240 e. The van der Waals surface area contributed by atoms with E-state index < -0.39 is 15.9 Å². The van der Waals surface area contributed by atoms with Crippen molar-refractivity contribution in [3.05, 3.63) is 71.8 Å². The Kier molecular flexibility index (Phi) is 6.14. The van der Waals surface area contributed by atoms with Crippen LogP contribution in [0.1, 0.15) is 11.1 Å². The number of nitrogens with one attached hydrogen (secondary N) is 1. The Bertz CT molecular complexity index is 1110. The molecule has 0 atom stereocenters. The van der Waals surface area contributed by atoms with Crippen LogP contribution >= 0.6 is 0 Å². The van der Waals surface area contributed by atoms with E-state index in [1.165, 1.54) is 7.05 Å². The lowest BCUT2D eigenvalue weighted by Gasteiger charge is -2.14. The molecule has 0 spiro atoms. The van der Waals surface area contributed by atoms with Gasteiger partial charge >= 0.3 is 0 Å². The largest absolute Gasteiger partial charge is 0.310 e. The average molecular weight is 413 g/mol. The third-order valence-corrected chi connectivity index (χ3v) is 5.84. The molecule has 1 heterocycles. The molecule has 3 rings (SSSR count). The van der Waals surface area contributed by atoms with Crippen LogP contribution < -0.4 is 5.32 Å². The van der Waals surface area contributed by atoms with Crippen LogP contribution in [0.4, 0.5) is 5.82 Å². The zero-order valence-electron chi connectivity index (χ0n) is 16.7. The van der Waals surface area contributed by atoms with Crippen molar-refractivity contribution >= 4 is 21.7 Å². The second-order valence-electron chi connectivity index (χ2n) is 6.94. The van der Waals surface area contributed by atoms with Gasteiger partial charge in [-0.1, -0.05) is 54.6 Å². The van der Waals surface area contributed by atoms with Gasteiger partial charge in [0.15, 0.2) is 0 Å². The van der Waals surface area contributed by atoms with Gasteiger partial charge in [-0.2, -0.15) is 9.40 Å². The summed E-state index contributed by atoms with van der Waals surface area (Å²) in [5.41, 5.74) is 3.83. The van der Waals surface area contributed by atoms with E-state index in [2.05, 4.69) is 10.4 Å². The minimum Gasteiger partial charge on any atom is -0.310 e. The number of aromatic nitrogens is 2. The van der Waals surface area contributed by atoms with Crippen LogP contribution in [-0.4, -0.2) is 48.3 Å². The fraction of sp³-hybridized carbons (Fsp3) is 0.238. The molecule has 0 radical (unpaired) electrons. The van der Waals surface area contributed by atoms with Gasteiger partial charge in [0.05, 0.1) is 25.0 Å². The number of aryl methyl sites for hydroxylation is 1. The van der Waals surface area contributed by atoms with Gasteiger partial charge in [0, 0.05) is 18.7 Å². The summed E-state index contributed by atoms with van der Waals surface area (Å²) in [7, 11) is -2.07. The zero-order chi connectivity index (χ0) is 21.0. The lowest BCUT2D eigenvalue weighted by atomic mass is 10.1. The molecule has 0 aliphatic carbocycles. The molecule has 152 valence electrons. The molecule has 0 saturated heterocycles. The molecule has 0 unspecified atom stereocenters. The number of hydrogen-bond donors (Lipinski definition) is 1. The van der Waals surface area contributed by atoms with Crippen molar-refractivity contribution < 1.29 is 13.2 Å². The first-order valence-corrected chi connectivity index (χ1v) is 11.0. The molecule has 0 bridgehead atoms. The van der Waals surface area contributed by atoms with Gasteiger partial charge in [-0.25, -0.2) is 13.1 Å². The fourth-order valence-corrected chi connectivity index (χ4v) is 3.24. The summed E-state index contributed by atoms with van der Waals surface area (Å²) in [6.07, 6.45) is 1.07. The van der Waals surface area contributed by atoms with Crippen molar-refractivity contribution in [1.82, 2.24) is 14.1 Å². The number of nitrogens with zero attached hydrogens (tertiary/aromatic N) is 3. The second-order valence-corrected chi connectivity index (χ2v) is 9.03. The summed E-state index contributed by atoms with van der Waals surface area (Å²) >= 11 is 0. The summed E-state index contributed by atoms with van der Waals surface area (Å²) in [6, 6.07) is 19.5. The number of carbonyl (C=O) groups excluding carboxylic acids is 1. The predicted molar refractivity (Wildman–Crippen MR) is 114 cm³/mol. The normalized spacial score (nSPS) is 11.6. The van der Waals surface area contributed by atoms with Crippen LogP contribution in [0.3, 0.4) is 0 Å². The Labute approximate surface area is 171 Å². The third-order valence-electron chi connectivity index (χ3n) is 4.58. The molecule has 2 aromatic carbocycles. The minimum atomic E-state index is -3.44. The molecule has 0 fully saturated rings. The van der Waals surface area contributed by atoms with Crippen LogP contribution in [0.15, 0.2) is 60.7 Å². The van der Waals surface area contributed by atoms with Crippen LogP contribution in [-0.2, 0) is 21.4 Å². The maximum absolute atomic E-state index is 12.4. The first-order valence-electron chi connectivity index (χ1n) is 9.13. The van der Waals surface area contributed by atoms with Gasteiger partial charge in [-0.05, 0) is 18.1 Å². The van der Waals surface area contributed by atoms with Gasteiger partial charge in [0.25, 0.3) is 0 Å². The quantitative estimate of drug-likeness (QED) is 0.647. The topological polar surface area (TPSA) is 84.3 Å². The fourth-order valence-electron chi connectivity index (χ4n) is 2.89. The highest BCUT2D eigenvalue weighted by molar-refractivity contribution is 7.88. The van der Waals surface area contributed by atoms with Crippen LogP contribution in [0.25, 0.3) is 11.3 Å². The molecular weight excluding hydrogens is 388 g/mol. The molecule has 7 nitrogen and oxygen atoms in total. The van der Waals surface area contributed by atoms with Gasteiger partial charge in [0.2, 0.25) is 15.9 Å². The Balaban J connectivity index is 1.91. The summed E-state index contributed by atoms with van der Waals surface area (Å²) in [6.45, 7) is 2.21. The number of benzene rings is 2. The summed E-state index contributed by atoms with van der Waals surface area (Å²) in [5, 5.41) is 7.49. The van der Waals surface area contributed by atoms with Crippen molar-refractivity contribution in [1.29, 1.82) is 0 Å². The molecule has 1 N–H and O–H groups in total. The maximum atomic E-state index is 12.4. The lowest BCUT2D eigenvalue weighted by molar-refractivity contribution is -0.116. The molecule has 3 aromatic rings. The van der Waals surface area contributed by atoms with E-state index in [1.54, 1.807) is 4.68 Å². The Morgan fingerprint density at radius 2 is 1.76 bits per heavy atom. The zero-order valence-corrected chi connectivity index (χ0v) is 17.5. The highest BCUT2D eigenvalue weighted by Crippen LogP contribution is 2.25. The Hall–Kier alpha value is -2.97. The smallest absolute Gasteiger partial charge is 0.240 e. The number of rotatable bonds is 7. The monoisotopic (exact) mass is 412 g/mol. The van der Waals surface area contributed by atoms with Crippen molar-refractivity contribution in [2.75, 3.05) is 25.2 Å². The van der Waals surface area contributed by atoms with Gasteiger partial charge in [-0.15, -0.1) is 0 Å². The summed E-state index contributed by atoms with van der Waals surface area (Å²) in [5.74, 6) is 0.0856. The number of carbonyl (C=O) groups is 1. The summed E-state index contributed by atoms with van der Waals surface area (Å²) in [4.78, 5) is 12.4. The first kappa shape index (κ1) is 20.8. The molecule has 1 amide bonds. The van der Waals surface area contributed by atoms with Gasteiger partial charge in [-0.3, -0.25) is 4.79 Å². The van der Waals surface area contributed by atoms with Crippen molar-refractivity contribution in [2.24, 2.45) is 0 Å². The highest BCUT2D eigenvalue weighted by Gasteiger charge is 2.18. The second kappa shape index (κ2) is 8.59. The highest BCUT2D eigenvalue weighted by atomic mass is 32.2. The number of hydrogen-bond acceptors (Lipinski definition) is 4. The SMILES string of the molecule is Cc1ccccc1-c1cc(NC(=O)CN(C)S(C)(=O)=O)n(Cc2ccccc2)n1. The molecule has 0 aliphatic rings. The number of sulfonamides is 1. The first-order chi connectivity index (χ1) is 13.7. The minimum absolute atomic E-state index is 0.269. The molecule has 0 saturated carbocycles. The van der Waals surface area contributed by atoms with Crippen molar-refractivity contribution in [3.63, 3.8) is 0 Å². The molecule has 0 aliphatic heterocycles. The number of anilines is 1. The van der Waals surface area contributed by atoms with E-state index in [-0.39, 0.29) is 6.54 Å². The molecule has 1 aromatic heterocycles. The Morgan fingerprint density at radius 3 is 2.41 bits per heavy atom. The van der Waals surface area contributed by atoms with Gasteiger partial charge in [0.1, 0.15) is 5.82 Å². The Morgan fingerprint density at radius 1 is 1.10 bits per heavy atom. The average Bonchev–Trinajstić information content (AvgIpc) is 3.04. The van der Waals surface area contributed by atoms with E-state index in [4.69, 9.17) is 0 Å². The van der Waals surface area contributed by atoms with Crippen LogP contribution in [0.5, 0.6) is 0 Å². The standard InChI is InChI=1S/C21H24N4O3S/c1-16-9-7-8-12-18(16)19-13-20(22-21(26)15-24(2)29(3,27)28)25(23-19)14-17-10-5-4-6-11-17/h4-13H,14-15H2,1-3H3,(H,22,26). The van der Waals surface area contributed by atoms with E-state index >= 15 is 0 Å². The van der Waals surface area contributed by atoms with Crippen molar-refractivity contribution in [3.8, 4) is 11.3 Å². The molecule has 29 heavy (non-hydrogen) atoms. The van der Waals surface area contributed by atoms with Crippen LogP contribution in [0, 0.1) is 6.92 Å². The van der Waals surface area contributed by atoms with E-state index in [0.29, 0.717) is 12.4 Å². The van der Waals surface area contributed by atoms with Crippen molar-refractivity contribution in [2.45, 2.75) is 13.5 Å². The molecular formula is C21H24N4O3S. The lowest BCUT2D eigenvalue weighted by Crippen LogP contribution is -2.34. The van der Waals surface area contributed by atoms with E-state index in [0.717, 1.165) is 32.9 Å². The van der Waals surface area contributed by atoms with Crippen LogP contribution in [0.2, 0.25) is 0 Å². The third kappa shape index (κ3) is 5.30. The van der Waals surface area contributed by atoms with E-state index in [1.807, 2.05) is 67.6 Å². The van der Waals surface area contributed by atoms with E-state index in [9.17, 15) is 13.2 Å². The summed E-state index contributed by atoms with van der Waals surface area (Å²) < 4.78 is 25.9. The molecule has 8 heteroatoms. The van der Waals surface area contributed by atoms with Gasteiger partial charge < -0.3 is 5.32 Å². The number of likely N-dealkylation sites (N-methyl/N-ethyl adjacent to an activating group) is 1. The predicted octanol–water partition coefficient (Wildman–Crippen LogP) is 2.74. The number of amides is 1.